The van der Waals surface area contributed by atoms with E-state index >= 15 is 0 Å². The third-order valence-electron chi connectivity index (χ3n) is 3.62. The summed E-state index contributed by atoms with van der Waals surface area (Å²) >= 11 is 0. The van der Waals surface area contributed by atoms with E-state index in [2.05, 4.69) is 20.4 Å². The standard InChI is InChI=1S/C20H16F3N3O2/c1-13(27)25-16-5-2-4-14(10-16)15-8-9-19(24-12-15)26-17-6-3-7-18(11-17)28-20(21,22)23/h2-12H,1H3,(H,24,26)(H,25,27). The van der Waals surface area contributed by atoms with Gasteiger partial charge < -0.3 is 15.4 Å². The molecule has 144 valence electrons. The van der Waals surface area contributed by atoms with Gasteiger partial charge in [0, 0.05) is 36.1 Å². The second-order valence-corrected chi connectivity index (χ2v) is 5.89. The van der Waals surface area contributed by atoms with Gasteiger partial charge in [0.1, 0.15) is 11.6 Å². The Morgan fingerprint density at radius 1 is 0.964 bits per heavy atom. The number of halogens is 3. The predicted molar refractivity (Wildman–Crippen MR) is 100 cm³/mol. The summed E-state index contributed by atoms with van der Waals surface area (Å²) in [4.78, 5) is 15.5. The third kappa shape index (κ3) is 5.47. The van der Waals surface area contributed by atoms with E-state index in [-0.39, 0.29) is 11.7 Å². The van der Waals surface area contributed by atoms with Gasteiger partial charge in [-0.25, -0.2) is 4.98 Å². The molecule has 2 aromatic carbocycles. The minimum Gasteiger partial charge on any atom is -0.406 e. The maximum atomic E-state index is 12.3. The van der Waals surface area contributed by atoms with Gasteiger partial charge in [0.2, 0.25) is 5.91 Å². The van der Waals surface area contributed by atoms with Crippen molar-refractivity contribution < 1.29 is 22.7 Å². The minimum atomic E-state index is -4.75. The number of ether oxygens (including phenoxy) is 1. The highest BCUT2D eigenvalue weighted by molar-refractivity contribution is 5.89. The van der Waals surface area contributed by atoms with Crippen LogP contribution in [0.3, 0.4) is 0 Å². The largest absolute Gasteiger partial charge is 0.573 e. The average Bonchev–Trinajstić information content (AvgIpc) is 2.61. The molecule has 0 aliphatic carbocycles. The molecule has 5 nitrogen and oxygen atoms in total. The Morgan fingerprint density at radius 2 is 1.71 bits per heavy atom. The van der Waals surface area contributed by atoms with Gasteiger partial charge in [-0.3, -0.25) is 4.79 Å². The van der Waals surface area contributed by atoms with Gasteiger partial charge in [-0.15, -0.1) is 13.2 Å². The Balaban J connectivity index is 1.73. The van der Waals surface area contributed by atoms with Crippen LogP contribution in [0.4, 0.5) is 30.4 Å². The van der Waals surface area contributed by atoms with Crippen LogP contribution in [0.2, 0.25) is 0 Å². The van der Waals surface area contributed by atoms with Crippen LogP contribution in [0.1, 0.15) is 6.92 Å². The van der Waals surface area contributed by atoms with Crippen LogP contribution in [0.5, 0.6) is 5.75 Å². The summed E-state index contributed by atoms with van der Waals surface area (Å²) in [6.07, 6.45) is -3.12. The molecular weight excluding hydrogens is 371 g/mol. The molecule has 0 bridgehead atoms. The molecule has 0 spiro atoms. The normalized spacial score (nSPS) is 11.0. The number of nitrogens with one attached hydrogen (secondary N) is 2. The molecule has 3 aromatic rings. The van der Waals surface area contributed by atoms with E-state index in [0.29, 0.717) is 17.2 Å². The van der Waals surface area contributed by atoms with Crippen LogP contribution >= 0.6 is 0 Å². The molecule has 1 aromatic heterocycles. The number of anilines is 3. The van der Waals surface area contributed by atoms with Crippen LogP contribution in [-0.2, 0) is 4.79 Å². The highest BCUT2D eigenvalue weighted by atomic mass is 19.4. The molecule has 3 rings (SSSR count). The van der Waals surface area contributed by atoms with Crippen molar-refractivity contribution in [3.05, 3.63) is 66.9 Å². The van der Waals surface area contributed by atoms with Gasteiger partial charge in [0.05, 0.1) is 0 Å². The lowest BCUT2D eigenvalue weighted by atomic mass is 10.1. The molecule has 0 saturated carbocycles. The Morgan fingerprint density at radius 3 is 2.39 bits per heavy atom. The number of rotatable bonds is 5. The number of pyridine rings is 1. The quantitative estimate of drug-likeness (QED) is 0.620. The summed E-state index contributed by atoms with van der Waals surface area (Å²) < 4.78 is 40.9. The van der Waals surface area contributed by atoms with Crippen molar-refractivity contribution in [3.63, 3.8) is 0 Å². The first-order valence-electron chi connectivity index (χ1n) is 8.25. The summed E-state index contributed by atoms with van der Waals surface area (Å²) in [7, 11) is 0. The summed E-state index contributed by atoms with van der Waals surface area (Å²) in [5.41, 5.74) is 2.78. The molecule has 0 fully saturated rings. The van der Waals surface area contributed by atoms with Gasteiger partial charge in [-0.2, -0.15) is 0 Å². The van der Waals surface area contributed by atoms with E-state index in [1.165, 1.54) is 25.1 Å². The number of hydrogen-bond donors (Lipinski definition) is 2. The molecule has 0 atom stereocenters. The Hall–Kier alpha value is -3.55. The maximum Gasteiger partial charge on any atom is 0.573 e. The number of nitrogens with zero attached hydrogens (tertiary/aromatic N) is 1. The van der Waals surface area contributed by atoms with E-state index in [1.54, 1.807) is 24.4 Å². The second-order valence-electron chi connectivity index (χ2n) is 5.89. The predicted octanol–water partition coefficient (Wildman–Crippen LogP) is 5.35. The third-order valence-corrected chi connectivity index (χ3v) is 3.62. The fourth-order valence-electron chi connectivity index (χ4n) is 2.54. The zero-order valence-electron chi connectivity index (χ0n) is 14.7. The number of alkyl halides is 3. The van der Waals surface area contributed by atoms with E-state index in [1.807, 2.05) is 24.3 Å². The first-order chi connectivity index (χ1) is 13.3. The SMILES string of the molecule is CC(=O)Nc1cccc(-c2ccc(Nc3cccc(OC(F)(F)F)c3)nc2)c1. The number of benzene rings is 2. The minimum absolute atomic E-state index is 0.161. The van der Waals surface area contributed by atoms with Gasteiger partial charge in [0.15, 0.2) is 0 Å². The Kier molecular flexibility index (Phi) is 5.49. The monoisotopic (exact) mass is 387 g/mol. The summed E-state index contributed by atoms with van der Waals surface area (Å²) in [5.74, 6) is -0.0126. The molecule has 8 heteroatoms. The molecular formula is C20H16F3N3O2. The summed E-state index contributed by atoms with van der Waals surface area (Å²) in [6, 6.07) is 16.3. The number of carbonyl (C=O) groups is 1. The van der Waals surface area contributed by atoms with Crippen LogP contribution in [0.25, 0.3) is 11.1 Å². The molecule has 0 unspecified atom stereocenters. The lowest BCUT2D eigenvalue weighted by Gasteiger charge is -2.11. The first-order valence-corrected chi connectivity index (χ1v) is 8.25. The van der Waals surface area contributed by atoms with Gasteiger partial charge in [-0.05, 0) is 42.0 Å². The molecule has 28 heavy (non-hydrogen) atoms. The number of carbonyl (C=O) groups excluding carboxylic acids is 1. The van der Waals surface area contributed by atoms with E-state index in [4.69, 9.17) is 0 Å². The van der Waals surface area contributed by atoms with Crippen molar-refractivity contribution in [1.29, 1.82) is 0 Å². The van der Waals surface area contributed by atoms with E-state index in [0.717, 1.165) is 11.1 Å². The van der Waals surface area contributed by atoms with Crippen molar-refractivity contribution >= 4 is 23.1 Å². The molecule has 0 saturated heterocycles. The smallest absolute Gasteiger partial charge is 0.406 e. The van der Waals surface area contributed by atoms with E-state index < -0.39 is 6.36 Å². The number of hydrogen-bond acceptors (Lipinski definition) is 4. The van der Waals surface area contributed by atoms with E-state index in [9.17, 15) is 18.0 Å². The lowest BCUT2D eigenvalue weighted by molar-refractivity contribution is -0.274. The van der Waals surface area contributed by atoms with Crippen LogP contribution < -0.4 is 15.4 Å². The second kappa shape index (κ2) is 7.99. The summed E-state index contributed by atoms with van der Waals surface area (Å²) in [6.45, 7) is 1.43. The zero-order chi connectivity index (χ0) is 20.1. The van der Waals surface area contributed by atoms with Crippen molar-refractivity contribution in [2.75, 3.05) is 10.6 Å². The van der Waals surface area contributed by atoms with Gasteiger partial charge >= 0.3 is 6.36 Å². The maximum absolute atomic E-state index is 12.3. The number of amides is 1. The number of aromatic nitrogens is 1. The Bertz CT molecular complexity index is 973. The highest BCUT2D eigenvalue weighted by Gasteiger charge is 2.31. The molecule has 1 heterocycles. The molecule has 0 aliphatic heterocycles. The first kappa shape index (κ1) is 19.2. The topological polar surface area (TPSA) is 63.2 Å². The highest BCUT2D eigenvalue weighted by Crippen LogP contribution is 2.27. The lowest BCUT2D eigenvalue weighted by Crippen LogP contribution is -2.17. The van der Waals surface area contributed by atoms with Gasteiger partial charge in [0.25, 0.3) is 0 Å². The van der Waals surface area contributed by atoms with Crippen LogP contribution in [-0.4, -0.2) is 17.3 Å². The summed E-state index contributed by atoms with van der Waals surface area (Å²) in [5, 5.41) is 5.65. The molecule has 0 aliphatic rings. The van der Waals surface area contributed by atoms with Crippen molar-refractivity contribution in [2.45, 2.75) is 13.3 Å². The fraction of sp³-hybridized carbons (Fsp3) is 0.100. The molecule has 0 radical (unpaired) electrons. The van der Waals surface area contributed by atoms with Crippen molar-refractivity contribution in [1.82, 2.24) is 4.98 Å². The Labute approximate surface area is 159 Å². The molecule has 2 N–H and O–H groups in total. The van der Waals surface area contributed by atoms with Crippen molar-refractivity contribution in [3.8, 4) is 16.9 Å². The zero-order valence-corrected chi connectivity index (χ0v) is 14.7. The fourth-order valence-corrected chi connectivity index (χ4v) is 2.54. The van der Waals surface area contributed by atoms with Crippen LogP contribution in [0, 0.1) is 0 Å². The molecule has 1 amide bonds. The average molecular weight is 387 g/mol. The van der Waals surface area contributed by atoms with Gasteiger partial charge in [-0.1, -0.05) is 18.2 Å². The van der Waals surface area contributed by atoms with Crippen LogP contribution in [0.15, 0.2) is 66.9 Å². The van der Waals surface area contributed by atoms with Crippen molar-refractivity contribution in [2.24, 2.45) is 0 Å².